The first-order chi connectivity index (χ1) is 14.7. The van der Waals surface area contributed by atoms with Gasteiger partial charge in [-0.1, -0.05) is 17.7 Å². The average Bonchev–Trinajstić information content (AvgIpc) is 2.74. The molecule has 0 aliphatic carbocycles. The Morgan fingerprint density at radius 3 is 2.42 bits per heavy atom. The zero-order valence-electron chi connectivity index (χ0n) is 15.8. The molecule has 3 aromatic rings. The van der Waals surface area contributed by atoms with E-state index in [0.717, 1.165) is 0 Å². The number of nitrogens with two attached hydrogens (primary N) is 1. The van der Waals surface area contributed by atoms with Gasteiger partial charge < -0.3 is 15.8 Å². The molecule has 0 atom stereocenters. The van der Waals surface area contributed by atoms with Gasteiger partial charge >= 0.3 is 5.97 Å². The van der Waals surface area contributed by atoms with Crippen molar-refractivity contribution in [1.29, 1.82) is 0 Å². The number of amides is 1. The largest absolute Gasteiger partial charge is 0.452 e. The van der Waals surface area contributed by atoms with Crippen LogP contribution in [-0.4, -0.2) is 37.1 Å². The minimum absolute atomic E-state index is 0.00349. The van der Waals surface area contributed by atoms with Crippen LogP contribution in [0.1, 0.15) is 10.4 Å². The summed E-state index contributed by atoms with van der Waals surface area (Å²) in [5.74, 6) is -1.29. The van der Waals surface area contributed by atoms with Crippen LogP contribution in [0.3, 0.4) is 0 Å². The highest BCUT2D eigenvalue weighted by molar-refractivity contribution is 7.92. The zero-order valence-corrected chi connectivity index (χ0v) is 17.4. The van der Waals surface area contributed by atoms with Crippen LogP contribution in [0.2, 0.25) is 5.15 Å². The number of aromatic nitrogens is 2. The molecule has 160 valence electrons. The SMILES string of the molecule is Nc1cccc(C(=O)OCC(=O)Nc2ccc(S(=O)(=O)Nc3ccc(Cl)nn3)cc2)c1. The number of ether oxygens (including phenoxy) is 1. The normalized spacial score (nSPS) is 10.9. The predicted molar refractivity (Wildman–Crippen MR) is 114 cm³/mol. The zero-order chi connectivity index (χ0) is 22.4. The van der Waals surface area contributed by atoms with E-state index in [0.29, 0.717) is 11.4 Å². The average molecular weight is 462 g/mol. The van der Waals surface area contributed by atoms with Crippen LogP contribution in [0.5, 0.6) is 0 Å². The molecule has 0 spiro atoms. The summed E-state index contributed by atoms with van der Waals surface area (Å²) in [5.41, 5.74) is 6.53. The summed E-state index contributed by atoms with van der Waals surface area (Å²) in [6.07, 6.45) is 0. The van der Waals surface area contributed by atoms with Gasteiger partial charge in [-0.15, -0.1) is 10.2 Å². The third-order valence-corrected chi connectivity index (χ3v) is 5.35. The number of nitrogen functional groups attached to an aromatic ring is 1. The third kappa shape index (κ3) is 6.14. The van der Waals surface area contributed by atoms with Crippen molar-refractivity contribution in [2.45, 2.75) is 4.90 Å². The van der Waals surface area contributed by atoms with E-state index in [2.05, 4.69) is 20.2 Å². The molecule has 12 heteroatoms. The fourth-order valence-corrected chi connectivity index (χ4v) is 3.46. The summed E-state index contributed by atoms with van der Waals surface area (Å²) in [6.45, 7) is -0.523. The molecule has 2 aromatic carbocycles. The Kier molecular flexibility index (Phi) is 6.68. The number of nitrogens with zero attached hydrogens (tertiary/aromatic N) is 2. The maximum absolute atomic E-state index is 12.4. The highest BCUT2D eigenvalue weighted by atomic mass is 35.5. The third-order valence-electron chi connectivity index (χ3n) is 3.78. The number of sulfonamides is 1. The van der Waals surface area contributed by atoms with Gasteiger partial charge in [-0.25, -0.2) is 13.2 Å². The summed E-state index contributed by atoms with van der Waals surface area (Å²) in [4.78, 5) is 23.9. The quantitative estimate of drug-likeness (QED) is 0.357. The van der Waals surface area contributed by atoms with E-state index in [4.69, 9.17) is 22.1 Å². The number of anilines is 3. The second-order valence-electron chi connectivity index (χ2n) is 6.12. The molecule has 0 fully saturated rings. The molecule has 0 saturated carbocycles. The van der Waals surface area contributed by atoms with Crippen molar-refractivity contribution in [2.24, 2.45) is 0 Å². The van der Waals surface area contributed by atoms with E-state index in [1.807, 2.05) is 0 Å². The minimum atomic E-state index is -3.91. The van der Waals surface area contributed by atoms with E-state index < -0.39 is 28.5 Å². The number of rotatable bonds is 7. The molecule has 0 aliphatic heterocycles. The maximum Gasteiger partial charge on any atom is 0.338 e. The van der Waals surface area contributed by atoms with Crippen molar-refractivity contribution < 1.29 is 22.7 Å². The number of carbonyl (C=O) groups is 2. The summed E-state index contributed by atoms with van der Waals surface area (Å²) < 4.78 is 32.0. The number of carbonyl (C=O) groups excluding carboxylic acids is 2. The molecule has 0 aliphatic rings. The molecule has 1 aromatic heterocycles. The molecule has 1 amide bonds. The first-order valence-electron chi connectivity index (χ1n) is 8.67. The number of esters is 1. The van der Waals surface area contributed by atoms with Crippen LogP contribution >= 0.6 is 11.6 Å². The predicted octanol–water partition coefficient (Wildman–Crippen LogP) is 2.31. The van der Waals surface area contributed by atoms with Gasteiger partial charge in [0, 0.05) is 11.4 Å². The number of nitrogens with one attached hydrogen (secondary N) is 2. The second kappa shape index (κ2) is 9.41. The summed E-state index contributed by atoms with van der Waals surface area (Å²) in [6, 6.07) is 14.3. The van der Waals surface area contributed by atoms with Gasteiger partial charge in [-0.3, -0.25) is 9.52 Å². The molecule has 10 nitrogen and oxygen atoms in total. The van der Waals surface area contributed by atoms with Crippen LogP contribution in [0.4, 0.5) is 17.2 Å². The molecule has 0 saturated heterocycles. The smallest absolute Gasteiger partial charge is 0.338 e. The Morgan fingerprint density at radius 2 is 1.77 bits per heavy atom. The number of hydrogen-bond acceptors (Lipinski definition) is 8. The highest BCUT2D eigenvalue weighted by Gasteiger charge is 2.16. The van der Waals surface area contributed by atoms with E-state index in [1.165, 1.54) is 48.5 Å². The Hall–Kier alpha value is -3.70. The molecule has 0 radical (unpaired) electrons. The van der Waals surface area contributed by atoms with Gasteiger partial charge in [0.15, 0.2) is 17.6 Å². The van der Waals surface area contributed by atoms with Gasteiger partial charge in [0.25, 0.3) is 15.9 Å². The highest BCUT2D eigenvalue weighted by Crippen LogP contribution is 2.17. The van der Waals surface area contributed by atoms with Crippen molar-refractivity contribution in [2.75, 3.05) is 22.4 Å². The van der Waals surface area contributed by atoms with Crippen LogP contribution in [0.15, 0.2) is 65.6 Å². The van der Waals surface area contributed by atoms with Crippen molar-refractivity contribution >= 4 is 50.7 Å². The Balaban J connectivity index is 1.56. The number of benzene rings is 2. The molecule has 31 heavy (non-hydrogen) atoms. The molecule has 1 heterocycles. The van der Waals surface area contributed by atoms with Crippen LogP contribution in [0, 0.1) is 0 Å². The van der Waals surface area contributed by atoms with Gasteiger partial charge in [0.2, 0.25) is 0 Å². The molecule has 0 unspecified atom stereocenters. The molecule has 0 bridgehead atoms. The van der Waals surface area contributed by atoms with Gasteiger partial charge in [0.1, 0.15) is 0 Å². The monoisotopic (exact) mass is 461 g/mol. The number of hydrogen-bond donors (Lipinski definition) is 3. The lowest BCUT2D eigenvalue weighted by atomic mass is 10.2. The van der Waals surface area contributed by atoms with Gasteiger partial charge in [0.05, 0.1) is 10.5 Å². The lowest BCUT2D eigenvalue weighted by Gasteiger charge is -2.09. The van der Waals surface area contributed by atoms with Crippen LogP contribution < -0.4 is 15.8 Å². The number of halogens is 1. The molecular weight excluding hydrogens is 446 g/mol. The Labute approximate surface area is 182 Å². The first-order valence-corrected chi connectivity index (χ1v) is 10.5. The van der Waals surface area contributed by atoms with E-state index in [-0.39, 0.29) is 21.4 Å². The first kappa shape index (κ1) is 22.0. The van der Waals surface area contributed by atoms with Crippen molar-refractivity contribution in [3.8, 4) is 0 Å². The van der Waals surface area contributed by atoms with Crippen molar-refractivity contribution in [3.63, 3.8) is 0 Å². The summed E-state index contributed by atoms with van der Waals surface area (Å²) >= 11 is 5.62. The molecule has 4 N–H and O–H groups in total. The topological polar surface area (TPSA) is 153 Å². The van der Waals surface area contributed by atoms with E-state index in [9.17, 15) is 18.0 Å². The minimum Gasteiger partial charge on any atom is -0.452 e. The second-order valence-corrected chi connectivity index (χ2v) is 8.19. The van der Waals surface area contributed by atoms with Gasteiger partial charge in [-0.2, -0.15) is 0 Å². The fourth-order valence-electron chi connectivity index (χ4n) is 2.36. The lowest BCUT2D eigenvalue weighted by molar-refractivity contribution is -0.119. The fraction of sp³-hybridized carbons (Fsp3) is 0.0526. The molecule has 3 rings (SSSR count). The lowest BCUT2D eigenvalue weighted by Crippen LogP contribution is -2.21. The molecular formula is C19H16ClN5O5S. The summed E-state index contributed by atoms with van der Waals surface area (Å²) in [5, 5.41) is 9.81. The standard InChI is InChI=1S/C19H16ClN5O5S/c20-16-8-9-17(24-23-16)25-31(28,29)15-6-4-14(5-7-15)22-18(26)11-30-19(27)12-2-1-3-13(21)10-12/h1-10H,11,21H2,(H,22,26)(H,24,25). The Morgan fingerprint density at radius 1 is 1.03 bits per heavy atom. The van der Waals surface area contributed by atoms with E-state index >= 15 is 0 Å². The maximum atomic E-state index is 12.4. The Bertz CT molecular complexity index is 1200. The van der Waals surface area contributed by atoms with E-state index in [1.54, 1.807) is 12.1 Å². The van der Waals surface area contributed by atoms with Crippen LogP contribution in [-0.2, 0) is 19.6 Å². The van der Waals surface area contributed by atoms with Crippen LogP contribution in [0.25, 0.3) is 0 Å². The van der Waals surface area contributed by atoms with Crippen molar-refractivity contribution in [3.05, 3.63) is 71.4 Å². The van der Waals surface area contributed by atoms with Gasteiger partial charge in [-0.05, 0) is 54.6 Å². The van der Waals surface area contributed by atoms with Crippen molar-refractivity contribution in [1.82, 2.24) is 10.2 Å². The summed E-state index contributed by atoms with van der Waals surface area (Å²) in [7, 11) is -3.91.